The molecule has 0 aliphatic carbocycles. The second-order valence-electron chi connectivity index (χ2n) is 7.10. The van der Waals surface area contributed by atoms with Gasteiger partial charge in [0.1, 0.15) is 6.54 Å². The Morgan fingerprint density at radius 2 is 1.66 bits per heavy atom. The smallest absolute Gasteiger partial charge is 0.264 e. The Bertz CT molecular complexity index is 989. The zero-order valence-electron chi connectivity index (χ0n) is 16.3. The molecule has 9 heteroatoms. The number of sulfonamides is 1. The summed E-state index contributed by atoms with van der Waals surface area (Å²) >= 11 is 12.4. The van der Waals surface area contributed by atoms with Crippen LogP contribution >= 0.6 is 23.2 Å². The summed E-state index contributed by atoms with van der Waals surface area (Å²) in [6.07, 6.45) is 0. The van der Waals surface area contributed by atoms with Crippen molar-refractivity contribution >= 4 is 44.8 Å². The van der Waals surface area contributed by atoms with E-state index >= 15 is 0 Å². The second-order valence-corrected chi connectivity index (χ2v) is 9.81. The van der Waals surface area contributed by atoms with Gasteiger partial charge in [-0.2, -0.15) is 0 Å². The topological polar surface area (TPSA) is 60.9 Å². The van der Waals surface area contributed by atoms with Crippen molar-refractivity contribution in [2.45, 2.75) is 11.8 Å². The Kier molecular flexibility index (Phi) is 6.73. The van der Waals surface area contributed by atoms with Crippen molar-refractivity contribution < 1.29 is 13.2 Å². The van der Waals surface area contributed by atoms with Gasteiger partial charge in [0.25, 0.3) is 10.0 Å². The van der Waals surface area contributed by atoms with Gasteiger partial charge in [-0.15, -0.1) is 0 Å². The minimum atomic E-state index is -4.02. The largest absolute Gasteiger partial charge is 0.339 e. The highest BCUT2D eigenvalue weighted by molar-refractivity contribution is 7.92. The normalized spacial score (nSPS) is 15.4. The monoisotopic (exact) mass is 455 g/mol. The maximum absolute atomic E-state index is 13.4. The zero-order valence-corrected chi connectivity index (χ0v) is 18.6. The lowest BCUT2D eigenvalue weighted by molar-refractivity contribution is -0.131. The summed E-state index contributed by atoms with van der Waals surface area (Å²) in [5, 5.41) is 0.539. The van der Waals surface area contributed by atoms with Crippen LogP contribution in [0.2, 0.25) is 10.0 Å². The van der Waals surface area contributed by atoms with Crippen LogP contribution in [0.1, 0.15) is 5.56 Å². The third-order valence-corrected chi connectivity index (χ3v) is 7.25. The van der Waals surface area contributed by atoms with Gasteiger partial charge in [0.15, 0.2) is 0 Å². The summed E-state index contributed by atoms with van der Waals surface area (Å²) < 4.78 is 27.9. The molecule has 2 aromatic rings. The fourth-order valence-electron chi connectivity index (χ4n) is 3.09. The van der Waals surface area contributed by atoms with Crippen LogP contribution < -0.4 is 4.31 Å². The number of halogens is 2. The number of benzene rings is 2. The Morgan fingerprint density at radius 3 is 2.28 bits per heavy atom. The third-order valence-electron chi connectivity index (χ3n) is 4.92. The number of rotatable bonds is 5. The average Bonchev–Trinajstić information content (AvgIpc) is 2.68. The molecule has 0 atom stereocenters. The van der Waals surface area contributed by atoms with Gasteiger partial charge in [-0.1, -0.05) is 40.9 Å². The van der Waals surface area contributed by atoms with Crippen LogP contribution in [-0.4, -0.2) is 63.9 Å². The van der Waals surface area contributed by atoms with Crippen molar-refractivity contribution in [1.29, 1.82) is 0 Å². The van der Waals surface area contributed by atoms with Gasteiger partial charge in [-0.05, 0) is 44.3 Å². The Labute approximate surface area is 181 Å². The molecule has 156 valence electrons. The molecule has 0 unspecified atom stereocenters. The number of likely N-dealkylation sites (N-methyl/N-ethyl adjacent to an activating group) is 1. The number of anilines is 1. The first-order chi connectivity index (χ1) is 13.7. The molecule has 0 aromatic heterocycles. The lowest BCUT2D eigenvalue weighted by atomic mass is 10.2. The highest BCUT2D eigenvalue weighted by Crippen LogP contribution is 2.33. The standard InChI is InChI=1S/C20H23Cl2N3O3S/c1-15-3-6-17(7-4-15)29(27,28)25(19-13-16(21)5-8-18(19)22)14-20(26)24-11-9-23(2)10-12-24/h3-8,13H,9-12,14H2,1-2H3. The molecule has 3 rings (SSSR count). The minimum absolute atomic E-state index is 0.0883. The Hall–Kier alpha value is -1.80. The molecule has 6 nitrogen and oxygen atoms in total. The van der Waals surface area contributed by atoms with E-state index in [2.05, 4.69) is 4.90 Å². The molecule has 1 fully saturated rings. The van der Waals surface area contributed by atoms with E-state index in [1.54, 1.807) is 23.1 Å². The summed E-state index contributed by atoms with van der Waals surface area (Å²) in [5.41, 5.74) is 1.12. The average molecular weight is 456 g/mol. The molecular weight excluding hydrogens is 433 g/mol. The Morgan fingerprint density at radius 1 is 1.03 bits per heavy atom. The molecule has 1 saturated heterocycles. The molecule has 1 aliphatic rings. The number of nitrogens with zero attached hydrogens (tertiary/aromatic N) is 3. The van der Waals surface area contributed by atoms with Crippen molar-refractivity contribution in [3.8, 4) is 0 Å². The van der Waals surface area contributed by atoms with Gasteiger partial charge in [0.2, 0.25) is 5.91 Å². The van der Waals surface area contributed by atoms with E-state index in [-0.39, 0.29) is 28.1 Å². The molecule has 0 radical (unpaired) electrons. The van der Waals surface area contributed by atoms with E-state index in [0.717, 1.165) is 23.0 Å². The molecule has 0 spiro atoms. The number of carbonyl (C=O) groups is 1. The minimum Gasteiger partial charge on any atom is -0.339 e. The lowest BCUT2D eigenvalue weighted by Gasteiger charge is -2.34. The number of piperazine rings is 1. The molecule has 0 N–H and O–H groups in total. The first-order valence-electron chi connectivity index (χ1n) is 9.19. The fourth-order valence-corrected chi connectivity index (χ4v) is 4.95. The van der Waals surface area contributed by atoms with E-state index in [1.165, 1.54) is 24.3 Å². The van der Waals surface area contributed by atoms with E-state index in [4.69, 9.17) is 23.2 Å². The van der Waals surface area contributed by atoms with Crippen LogP contribution in [0.3, 0.4) is 0 Å². The fraction of sp³-hybridized carbons (Fsp3) is 0.350. The SMILES string of the molecule is Cc1ccc(S(=O)(=O)N(CC(=O)N2CCN(C)CC2)c2cc(Cl)ccc2Cl)cc1. The van der Waals surface area contributed by atoms with Crippen molar-refractivity contribution in [2.75, 3.05) is 44.1 Å². The van der Waals surface area contributed by atoms with Gasteiger partial charge < -0.3 is 9.80 Å². The molecule has 1 amide bonds. The van der Waals surface area contributed by atoms with E-state index in [1.807, 2.05) is 14.0 Å². The Balaban J connectivity index is 1.99. The summed E-state index contributed by atoms with van der Waals surface area (Å²) in [7, 11) is -2.03. The predicted octanol–water partition coefficient (Wildman–Crippen LogP) is 3.27. The third kappa shape index (κ3) is 5.04. The van der Waals surface area contributed by atoms with Gasteiger partial charge in [-0.25, -0.2) is 8.42 Å². The molecule has 0 bridgehead atoms. The van der Waals surface area contributed by atoms with E-state index in [0.29, 0.717) is 18.1 Å². The van der Waals surface area contributed by atoms with Crippen LogP contribution in [0.4, 0.5) is 5.69 Å². The van der Waals surface area contributed by atoms with Gasteiger partial charge in [-0.3, -0.25) is 9.10 Å². The quantitative estimate of drug-likeness (QED) is 0.693. The van der Waals surface area contributed by atoms with E-state index in [9.17, 15) is 13.2 Å². The summed E-state index contributed by atoms with van der Waals surface area (Å²) in [6.45, 7) is 4.12. The van der Waals surface area contributed by atoms with Crippen molar-refractivity contribution in [3.63, 3.8) is 0 Å². The first-order valence-corrected chi connectivity index (χ1v) is 11.4. The molecule has 0 saturated carbocycles. The molecule has 2 aromatic carbocycles. The van der Waals surface area contributed by atoms with Gasteiger partial charge >= 0.3 is 0 Å². The molecule has 29 heavy (non-hydrogen) atoms. The van der Waals surface area contributed by atoms with Crippen LogP contribution in [0.25, 0.3) is 0 Å². The number of hydrogen-bond acceptors (Lipinski definition) is 4. The van der Waals surface area contributed by atoms with Crippen molar-refractivity contribution in [3.05, 3.63) is 58.1 Å². The maximum Gasteiger partial charge on any atom is 0.264 e. The lowest BCUT2D eigenvalue weighted by Crippen LogP contribution is -2.50. The van der Waals surface area contributed by atoms with Gasteiger partial charge in [0.05, 0.1) is 15.6 Å². The zero-order chi connectivity index (χ0) is 21.2. The summed E-state index contributed by atoms with van der Waals surface area (Å²) in [6, 6.07) is 11.0. The molecule has 1 heterocycles. The second kappa shape index (κ2) is 8.92. The number of carbonyl (C=O) groups excluding carboxylic acids is 1. The number of hydrogen-bond donors (Lipinski definition) is 0. The van der Waals surface area contributed by atoms with Crippen LogP contribution in [0.15, 0.2) is 47.4 Å². The van der Waals surface area contributed by atoms with Crippen molar-refractivity contribution in [2.24, 2.45) is 0 Å². The van der Waals surface area contributed by atoms with Crippen LogP contribution in [0.5, 0.6) is 0 Å². The number of amides is 1. The number of aryl methyl sites for hydroxylation is 1. The summed E-state index contributed by atoms with van der Waals surface area (Å²) in [4.78, 5) is 16.8. The van der Waals surface area contributed by atoms with Crippen molar-refractivity contribution in [1.82, 2.24) is 9.80 Å². The van der Waals surface area contributed by atoms with E-state index < -0.39 is 10.0 Å². The molecular formula is C20H23Cl2N3O3S. The molecule has 1 aliphatic heterocycles. The van der Waals surface area contributed by atoms with Gasteiger partial charge in [0, 0.05) is 31.2 Å². The highest BCUT2D eigenvalue weighted by Gasteiger charge is 2.31. The first kappa shape index (κ1) is 21.9. The van der Waals surface area contributed by atoms with Crippen LogP contribution in [-0.2, 0) is 14.8 Å². The highest BCUT2D eigenvalue weighted by atomic mass is 35.5. The maximum atomic E-state index is 13.4. The predicted molar refractivity (Wildman–Crippen MR) is 116 cm³/mol. The summed E-state index contributed by atoms with van der Waals surface area (Å²) in [5.74, 6) is -0.273. The van der Waals surface area contributed by atoms with Crippen LogP contribution in [0, 0.1) is 6.92 Å².